The molecule has 0 saturated carbocycles. The Labute approximate surface area is 110 Å². The van der Waals surface area contributed by atoms with E-state index in [-0.39, 0.29) is 24.1 Å². The van der Waals surface area contributed by atoms with E-state index in [9.17, 15) is 9.59 Å². The second-order valence-electron chi connectivity index (χ2n) is 5.76. The van der Waals surface area contributed by atoms with Gasteiger partial charge in [0, 0.05) is 6.42 Å². The quantitative estimate of drug-likeness (QED) is 0.676. The molecule has 0 aromatic heterocycles. The Morgan fingerprint density at radius 3 is 1.94 bits per heavy atom. The average Bonchev–Trinajstić information content (AvgIpc) is 2.25. The Kier molecular flexibility index (Phi) is 7.83. The minimum Gasteiger partial charge on any atom is -0.469 e. The van der Waals surface area contributed by atoms with Crippen LogP contribution in [0.3, 0.4) is 0 Å². The van der Waals surface area contributed by atoms with Crippen molar-refractivity contribution in [3.05, 3.63) is 0 Å². The first kappa shape index (κ1) is 17.1. The van der Waals surface area contributed by atoms with Gasteiger partial charge < -0.3 is 10.5 Å². The molecule has 0 aliphatic rings. The largest absolute Gasteiger partial charge is 0.469 e. The van der Waals surface area contributed by atoms with Gasteiger partial charge in [0.25, 0.3) is 0 Å². The molecule has 0 radical (unpaired) electrons. The van der Waals surface area contributed by atoms with E-state index in [2.05, 4.69) is 0 Å². The van der Waals surface area contributed by atoms with Gasteiger partial charge in [-0.25, -0.2) is 0 Å². The van der Waals surface area contributed by atoms with Crippen LogP contribution >= 0.6 is 0 Å². The van der Waals surface area contributed by atoms with Crippen molar-refractivity contribution in [3.8, 4) is 0 Å². The molecule has 0 bridgehead atoms. The molecular formula is C14H27NO3. The zero-order valence-electron chi connectivity index (χ0n) is 12.2. The van der Waals surface area contributed by atoms with Crippen LogP contribution in [0, 0.1) is 17.8 Å². The Morgan fingerprint density at radius 2 is 1.56 bits per heavy atom. The van der Waals surface area contributed by atoms with Crippen molar-refractivity contribution in [1.82, 2.24) is 0 Å². The normalized spacial score (nSPS) is 14.7. The van der Waals surface area contributed by atoms with Crippen molar-refractivity contribution >= 4 is 11.8 Å². The molecule has 2 N–H and O–H groups in total. The van der Waals surface area contributed by atoms with Crippen molar-refractivity contribution in [2.24, 2.45) is 23.5 Å². The first-order valence-corrected chi connectivity index (χ1v) is 6.64. The number of carbonyl (C=O) groups excluding carboxylic acids is 2. The fraction of sp³-hybridized carbons (Fsp3) is 0.857. The molecule has 0 saturated heterocycles. The monoisotopic (exact) mass is 257 g/mol. The molecule has 0 aliphatic carbocycles. The molecule has 4 heteroatoms. The van der Waals surface area contributed by atoms with E-state index in [0.29, 0.717) is 24.7 Å². The van der Waals surface area contributed by atoms with Crippen molar-refractivity contribution in [2.45, 2.75) is 53.0 Å². The fourth-order valence-corrected chi connectivity index (χ4v) is 2.03. The first-order chi connectivity index (χ1) is 8.27. The van der Waals surface area contributed by atoms with Gasteiger partial charge in [-0.15, -0.1) is 0 Å². The lowest BCUT2D eigenvalue weighted by atomic mass is 9.89. The van der Waals surface area contributed by atoms with Gasteiger partial charge in [0.05, 0.1) is 19.1 Å². The summed E-state index contributed by atoms with van der Waals surface area (Å²) in [7, 11) is 1.36. The van der Waals surface area contributed by atoms with Crippen molar-refractivity contribution in [3.63, 3.8) is 0 Å². The molecule has 0 amide bonds. The van der Waals surface area contributed by atoms with E-state index in [4.69, 9.17) is 10.5 Å². The zero-order chi connectivity index (χ0) is 14.3. The molecule has 0 rings (SSSR count). The minimum absolute atomic E-state index is 0.0419. The van der Waals surface area contributed by atoms with Gasteiger partial charge in [-0.1, -0.05) is 27.7 Å². The molecular weight excluding hydrogens is 230 g/mol. The second-order valence-corrected chi connectivity index (χ2v) is 5.76. The number of esters is 1. The molecule has 0 unspecified atom stereocenters. The van der Waals surface area contributed by atoms with Gasteiger partial charge in [0.1, 0.15) is 5.78 Å². The standard InChI is InChI=1S/C14H27NO3/c1-9(2)6-11(14(17)18-5)8-13(16)12(15)7-10(3)4/h9-12H,6-8,15H2,1-5H3/t11-,12+/m1/s1. The summed E-state index contributed by atoms with van der Waals surface area (Å²) in [5, 5.41) is 0. The Morgan fingerprint density at radius 1 is 1.06 bits per heavy atom. The van der Waals surface area contributed by atoms with E-state index in [0.717, 1.165) is 0 Å². The van der Waals surface area contributed by atoms with Crippen LogP contribution in [0.15, 0.2) is 0 Å². The van der Waals surface area contributed by atoms with Gasteiger partial charge >= 0.3 is 5.97 Å². The van der Waals surface area contributed by atoms with Crippen molar-refractivity contribution in [2.75, 3.05) is 7.11 Å². The predicted octanol–water partition coefficient (Wildman–Crippen LogP) is 2.15. The number of ether oxygens (including phenoxy) is 1. The Bertz CT molecular complexity index is 274. The highest BCUT2D eigenvalue weighted by molar-refractivity contribution is 5.88. The lowest BCUT2D eigenvalue weighted by Crippen LogP contribution is -2.35. The number of methoxy groups -OCH3 is 1. The van der Waals surface area contributed by atoms with E-state index < -0.39 is 6.04 Å². The number of hydrogen-bond acceptors (Lipinski definition) is 4. The van der Waals surface area contributed by atoms with E-state index >= 15 is 0 Å². The number of rotatable bonds is 8. The summed E-state index contributed by atoms with van der Waals surface area (Å²) in [6.45, 7) is 8.10. The number of nitrogens with two attached hydrogens (primary N) is 1. The molecule has 2 atom stereocenters. The smallest absolute Gasteiger partial charge is 0.309 e. The molecule has 18 heavy (non-hydrogen) atoms. The van der Waals surface area contributed by atoms with Gasteiger partial charge in [-0.3, -0.25) is 9.59 Å². The summed E-state index contributed by atoms with van der Waals surface area (Å²) in [6.07, 6.45) is 1.51. The molecule has 4 nitrogen and oxygen atoms in total. The average molecular weight is 257 g/mol. The lowest BCUT2D eigenvalue weighted by Gasteiger charge is -2.19. The third-order valence-corrected chi connectivity index (χ3v) is 2.88. The highest BCUT2D eigenvalue weighted by Crippen LogP contribution is 2.19. The number of hydrogen-bond donors (Lipinski definition) is 1. The van der Waals surface area contributed by atoms with Crippen LogP contribution in [0.25, 0.3) is 0 Å². The van der Waals surface area contributed by atoms with Crippen LogP contribution in [0.5, 0.6) is 0 Å². The maximum Gasteiger partial charge on any atom is 0.309 e. The molecule has 0 heterocycles. The molecule has 0 aromatic carbocycles. The van der Waals surface area contributed by atoms with Crippen LogP contribution in [0.2, 0.25) is 0 Å². The summed E-state index contributed by atoms with van der Waals surface area (Å²) in [5.41, 5.74) is 5.84. The van der Waals surface area contributed by atoms with Crippen LogP contribution in [0.4, 0.5) is 0 Å². The summed E-state index contributed by atoms with van der Waals surface area (Å²) >= 11 is 0. The summed E-state index contributed by atoms with van der Waals surface area (Å²) in [6, 6.07) is -0.468. The van der Waals surface area contributed by atoms with Crippen molar-refractivity contribution < 1.29 is 14.3 Å². The summed E-state index contributed by atoms with van der Waals surface area (Å²) in [5.74, 6) is 0.0168. The number of Topliss-reactive ketones (excluding diaryl/α,β-unsaturated/α-hetero) is 1. The topological polar surface area (TPSA) is 69.4 Å². The van der Waals surface area contributed by atoms with E-state index in [1.165, 1.54) is 7.11 Å². The third-order valence-electron chi connectivity index (χ3n) is 2.88. The highest BCUT2D eigenvalue weighted by Gasteiger charge is 2.26. The minimum atomic E-state index is -0.468. The maximum atomic E-state index is 12.0. The van der Waals surface area contributed by atoms with Gasteiger partial charge in [-0.2, -0.15) is 0 Å². The predicted molar refractivity (Wildman–Crippen MR) is 72.0 cm³/mol. The van der Waals surface area contributed by atoms with Crippen LogP contribution < -0.4 is 5.73 Å². The van der Waals surface area contributed by atoms with E-state index in [1.54, 1.807) is 0 Å². The SMILES string of the molecule is COC(=O)[C@@H](CC(=O)[C@@H](N)CC(C)C)CC(C)C. The third kappa shape index (κ3) is 6.74. The van der Waals surface area contributed by atoms with Crippen LogP contribution in [-0.4, -0.2) is 24.9 Å². The van der Waals surface area contributed by atoms with Crippen molar-refractivity contribution in [1.29, 1.82) is 0 Å². The zero-order valence-corrected chi connectivity index (χ0v) is 12.2. The molecule has 0 spiro atoms. The second kappa shape index (κ2) is 8.25. The van der Waals surface area contributed by atoms with Gasteiger partial charge in [0.15, 0.2) is 0 Å². The Balaban J connectivity index is 4.47. The van der Waals surface area contributed by atoms with Crippen LogP contribution in [0.1, 0.15) is 47.0 Å². The summed E-state index contributed by atoms with van der Waals surface area (Å²) < 4.78 is 4.74. The molecule has 0 aliphatic heterocycles. The molecule has 106 valence electrons. The van der Waals surface area contributed by atoms with Crippen LogP contribution in [-0.2, 0) is 14.3 Å². The first-order valence-electron chi connectivity index (χ1n) is 6.64. The summed E-state index contributed by atoms with van der Waals surface area (Å²) in [4.78, 5) is 23.6. The highest BCUT2D eigenvalue weighted by atomic mass is 16.5. The Hall–Kier alpha value is -0.900. The fourth-order valence-electron chi connectivity index (χ4n) is 2.03. The number of ketones is 1. The van der Waals surface area contributed by atoms with E-state index in [1.807, 2.05) is 27.7 Å². The lowest BCUT2D eigenvalue weighted by molar-refractivity contribution is -0.148. The number of carbonyl (C=O) groups is 2. The molecule has 0 aromatic rings. The molecule has 0 fully saturated rings. The maximum absolute atomic E-state index is 12.0. The van der Waals surface area contributed by atoms with Gasteiger partial charge in [0.2, 0.25) is 0 Å². The van der Waals surface area contributed by atoms with Gasteiger partial charge in [-0.05, 0) is 24.7 Å².